The molecule has 2 aliphatic rings. The van der Waals surface area contributed by atoms with Crippen LogP contribution in [0.2, 0.25) is 0 Å². The van der Waals surface area contributed by atoms with E-state index in [1.165, 1.54) is 10.5 Å². The Labute approximate surface area is 225 Å². The van der Waals surface area contributed by atoms with E-state index < -0.39 is 0 Å². The minimum absolute atomic E-state index is 0.0448. The first-order valence-corrected chi connectivity index (χ1v) is 14.4. The van der Waals surface area contributed by atoms with Crippen LogP contribution in [0.1, 0.15) is 38.3 Å². The van der Waals surface area contributed by atoms with Crippen LogP contribution in [0, 0.1) is 0 Å². The summed E-state index contributed by atoms with van der Waals surface area (Å²) in [6.07, 6.45) is 11.3. The number of benzene rings is 2. The van der Waals surface area contributed by atoms with Crippen molar-refractivity contribution >= 4 is 51.3 Å². The van der Waals surface area contributed by atoms with Crippen LogP contribution in [0.4, 0.5) is 17.5 Å². The monoisotopic (exact) mass is 523 g/mol. The molecule has 9 heteroatoms. The fourth-order valence-electron chi connectivity index (χ4n) is 5.04. The number of anilines is 3. The number of pyridine rings is 1. The van der Waals surface area contributed by atoms with Crippen LogP contribution < -0.4 is 10.6 Å². The number of thioether (sulfide) groups is 1. The van der Waals surface area contributed by atoms with Gasteiger partial charge < -0.3 is 15.4 Å². The van der Waals surface area contributed by atoms with Crippen molar-refractivity contribution in [1.82, 2.24) is 24.5 Å². The highest BCUT2D eigenvalue weighted by Crippen LogP contribution is 2.34. The van der Waals surface area contributed by atoms with Gasteiger partial charge in [-0.05, 0) is 85.9 Å². The van der Waals surface area contributed by atoms with Crippen molar-refractivity contribution < 1.29 is 4.74 Å². The molecule has 5 aromatic rings. The molecule has 0 amide bonds. The van der Waals surface area contributed by atoms with E-state index in [9.17, 15) is 0 Å². The molecule has 1 saturated heterocycles. The summed E-state index contributed by atoms with van der Waals surface area (Å²) in [5.74, 6) is 1.30. The van der Waals surface area contributed by atoms with Gasteiger partial charge in [0.25, 0.3) is 0 Å². The third-order valence-electron chi connectivity index (χ3n) is 7.18. The van der Waals surface area contributed by atoms with Crippen LogP contribution in [-0.2, 0) is 4.74 Å². The molecule has 7 rings (SSSR count). The highest BCUT2D eigenvalue weighted by atomic mass is 32.2. The van der Waals surface area contributed by atoms with Gasteiger partial charge in [-0.2, -0.15) is 9.97 Å². The Balaban J connectivity index is 1.28. The zero-order valence-corrected chi connectivity index (χ0v) is 22.0. The van der Waals surface area contributed by atoms with E-state index in [0.29, 0.717) is 12.0 Å². The van der Waals surface area contributed by atoms with Gasteiger partial charge in [-0.25, -0.2) is 4.98 Å². The maximum absolute atomic E-state index is 6.06. The molecular formula is C29H29N7OS. The summed E-state index contributed by atoms with van der Waals surface area (Å²) in [6, 6.07) is 17.3. The smallest absolute Gasteiger partial charge is 0.231 e. The fraction of sp³-hybridized carbons (Fsp3) is 0.310. The number of hydrogen-bond donors (Lipinski definition) is 2. The molecule has 3 aromatic heterocycles. The van der Waals surface area contributed by atoms with Gasteiger partial charge in [0.15, 0.2) is 17.0 Å². The molecule has 1 unspecified atom stereocenters. The van der Waals surface area contributed by atoms with E-state index in [1.807, 2.05) is 24.7 Å². The first-order chi connectivity index (χ1) is 18.7. The summed E-state index contributed by atoms with van der Waals surface area (Å²) >= 11 is 1.74. The van der Waals surface area contributed by atoms with E-state index in [4.69, 9.17) is 14.7 Å². The van der Waals surface area contributed by atoms with E-state index in [-0.39, 0.29) is 6.23 Å². The second-order valence-electron chi connectivity index (χ2n) is 9.91. The Morgan fingerprint density at radius 2 is 1.95 bits per heavy atom. The molecule has 1 aliphatic heterocycles. The van der Waals surface area contributed by atoms with Crippen LogP contribution >= 0.6 is 11.8 Å². The summed E-state index contributed by atoms with van der Waals surface area (Å²) in [6.45, 7) is 0.765. The van der Waals surface area contributed by atoms with Gasteiger partial charge in [-0.3, -0.25) is 9.55 Å². The molecule has 1 atom stereocenters. The molecule has 2 aromatic carbocycles. The van der Waals surface area contributed by atoms with E-state index >= 15 is 0 Å². The summed E-state index contributed by atoms with van der Waals surface area (Å²) in [7, 11) is 0. The van der Waals surface area contributed by atoms with Crippen molar-refractivity contribution in [2.75, 3.05) is 23.5 Å². The standard InChI is InChI=1S/C29H29N7OS/c1-38-21-6-4-5-18(15-21)22-12-13-30-24-11-10-20(16-23(22)24)33-29-34-27(32-19-8-9-19)26-28(35-29)36(17-31-26)25-7-2-3-14-37-25/h4-6,10-13,15-17,19,25H,2-3,7-9,14H2,1H3,(H2,32,33,34,35). The SMILES string of the molecule is CSc1cccc(-c2ccnc3ccc(Nc4nc(NC5CC5)c5ncn(C6CCCCO6)c5n4)cc23)c1. The maximum Gasteiger partial charge on any atom is 0.231 e. The number of hydrogen-bond acceptors (Lipinski definition) is 8. The lowest BCUT2D eigenvalue weighted by Gasteiger charge is -2.24. The largest absolute Gasteiger partial charge is 0.365 e. The fourth-order valence-corrected chi connectivity index (χ4v) is 5.50. The van der Waals surface area contributed by atoms with Crippen LogP contribution in [0.15, 0.2) is 66.0 Å². The highest BCUT2D eigenvalue weighted by molar-refractivity contribution is 7.98. The van der Waals surface area contributed by atoms with Gasteiger partial charge in [-0.1, -0.05) is 12.1 Å². The average molecular weight is 524 g/mol. The molecular weight excluding hydrogens is 494 g/mol. The van der Waals surface area contributed by atoms with Crippen molar-refractivity contribution in [2.45, 2.75) is 49.3 Å². The maximum atomic E-state index is 6.06. The number of aromatic nitrogens is 5. The van der Waals surface area contributed by atoms with E-state index in [1.54, 1.807) is 11.8 Å². The number of imidazole rings is 1. The van der Waals surface area contributed by atoms with E-state index in [2.05, 4.69) is 67.8 Å². The average Bonchev–Trinajstić information content (AvgIpc) is 3.68. The number of rotatable bonds is 7. The number of ether oxygens (including phenoxy) is 1. The highest BCUT2D eigenvalue weighted by Gasteiger charge is 2.26. The molecule has 1 saturated carbocycles. The molecule has 2 N–H and O–H groups in total. The van der Waals surface area contributed by atoms with Gasteiger partial charge in [0, 0.05) is 34.8 Å². The van der Waals surface area contributed by atoms with Gasteiger partial charge in [0.05, 0.1) is 11.8 Å². The molecule has 0 spiro atoms. The minimum atomic E-state index is -0.0448. The first-order valence-electron chi connectivity index (χ1n) is 13.2. The number of nitrogens with zero attached hydrogens (tertiary/aromatic N) is 5. The molecule has 0 bridgehead atoms. The third-order valence-corrected chi connectivity index (χ3v) is 7.91. The van der Waals surface area contributed by atoms with Gasteiger partial charge in [-0.15, -0.1) is 11.8 Å². The molecule has 8 nitrogen and oxygen atoms in total. The van der Waals surface area contributed by atoms with Crippen LogP contribution in [0.3, 0.4) is 0 Å². The molecule has 2 fully saturated rings. The van der Waals surface area contributed by atoms with Crippen molar-refractivity contribution in [3.8, 4) is 11.1 Å². The molecule has 1 aliphatic carbocycles. The Morgan fingerprint density at radius 3 is 2.79 bits per heavy atom. The van der Waals surface area contributed by atoms with Crippen LogP contribution in [0.25, 0.3) is 33.2 Å². The number of nitrogens with one attached hydrogen (secondary N) is 2. The predicted octanol–water partition coefficient (Wildman–Crippen LogP) is 6.78. The lowest BCUT2D eigenvalue weighted by atomic mass is 10.0. The van der Waals surface area contributed by atoms with Crippen LogP contribution in [-0.4, -0.2) is 43.4 Å². The molecule has 4 heterocycles. The van der Waals surface area contributed by atoms with Gasteiger partial charge in [0.2, 0.25) is 5.95 Å². The summed E-state index contributed by atoms with van der Waals surface area (Å²) < 4.78 is 8.11. The second kappa shape index (κ2) is 9.89. The van der Waals surface area contributed by atoms with Crippen molar-refractivity contribution in [3.63, 3.8) is 0 Å². The Bertz CT molecular complexity index is 1620. The second-order valence-corrected chi connectivity index (χ2v) is 10.8. The lowest BCUT2D eigenvalue weighted by molar-refractivity contribution is -0.0298. The van der Waals surface area contributed by atoms with E-state index in [0.717, 1.165) is 77.8 Å². The zero-order chi connectivity index (χ0) is 25.5. The topological polar surface area (TPSA) is 89.8 Å². The lowest BCUT2D eigenvalue weighted by Crippen LogP contribution is -2.18. The normalized spacial score (nSPS) is 17.7. The third kappa shape index (κ3) is 4.56. The molecule has 38 heavy (non-hydrogen) atoms. The van der Waals surface area contributed by atoms with Gasteiger partial charge >= 0.3 is 0 Å². The molecule has 192 valence electrons. The summed E-state index contributed by atoms with van der Waals surface area (Å²) in [5.41, 5.74) is 5.75. The zero-order valence-electron chi connectivity index (χ0n) is 21.2. The van der Waals surface area contributed by atoms with Crippen molar-refractivity contribution in [2.24, 2.45) is 0 Å². The van der Waals surface area contributed by atoms with Crippen LogP contribution in [0.5, 0.6) is 0 Å². The first kappa shape index (κ1) is 23.4. The minimum Gasteiger partial charge on any atom is -0.365 e. The molecule has 0 radical (unpaired) electrons. The van der Waals surface area contributed by atoms with Crippen molar-refractivity contribution in [3.05, 3.63) is 61.1 Å². The summed E-state index contributed by atoms with van der Waals surface area (Å²) in [4.78, 5) is 20.3. The number of fused-ring (bicyclic) bond motifs is 2. The summed E-state index contributed by atoms with van der Waals surface area (Å²) in [5, 5.41) is 8.10. The predicted molar refractivity (Wildman–Crippen MR) is 153 cm³/mol. The Morgan fingerprint density at radius 1 is 1.00 bits per heavy atom. The Hall–Kier alpha value is -3.69. The van der Waals surface area contributed by atoms with Gasteiger partial charge in [0.1, 0.15) is 6.23 Å². The van der Waals surface area contributed by atoms with Crippen molar-refractivity contribution in [1.29, 1.82) is 0 Å². The quantitative estimate of drug-likeness (QED) is 0.226. The Kier molecular flexibility index (Phi) is 6.09.